The van der Waals surface area contributed by atoms with Crippen molar-refractivity contribution < 1.29 is 58.8 Å². The largest absolute Gasteiger partial charge is 0.479 e. The van der Waals surface area contributed by atoms with Crippen LogP contribution in [0, 0.1) is 0 Å². The SMILES string of the molecule is CC(=O)N[C@H]1C(O)[C@H](O)C(C)O[C@H]1OC1C(O)[C@H](O)C(C(=O)O)O[C@H]1OCCOCCN. The highest BCUT2D eigenvalue weighted by atomic mass is 16.8. The highest BCUT2D eigenvalue weighted by molar-refractivity contribution is 5.73. The van der Waals surface area contributed by atoms with Crippen LogP contribution in [0.5, 0.6) is 0 Å². The smallest absolute Gasteiger partial charge is 0.335 e. The number of nitrogens with one attached hydrogen (secondary N) is 1. The number of carbonyl (C=O) groups excluding carboxylic acids is 1. The first-order valence-corrected chi connectivity index (χ1v) is 10.2. The van der Waals surface area contributed by atoms with Crippen LogP contribution in [0.1, 0.15) is 13.8 Å². The van der Waals surface area contributed by atoms with Gasteiger partial charge in [0.05, 0.1) is 25.9 Å². The van der Waals surface area contributed by atoms with Crippen molar-refractivity contribution in [1.29, 1.82) is 0 Å². The summed E-state index contributed by atoms with van der Waals surface area (Å²) in [7, 11) is 0. The van der Waals surface area contributed by atoms with Crippen molar-refractivity contribution in [2.24, 2.45) is 5.73 Å². The number of hydrogen-bond acceptors (Lipinski definition) is 12. The summed E-state index contributed by atoms with van der Waals surface area (Å²) < 4.78 is 27.2. The Labute approximate surface area is 184 Å². The normalized spacial score (nSPS) is 40.1. The van der Waals surface area contributed by atoms with Crippen molar-refractivity contribution in [3.63, 3.8) is 0 Å². The van der Waals surface area contributed by atoms with Gasteiger partial charge in [0.15, 0.2) is 18.7 Å². The summed E-state index contributed by atoms with van der Waals surface area (Å²) in [6, 6.07) is -1.24. The van der Waals surface area contributed by atoms with Crippen LogP contribution in [0.4, 0.5) is 0 Å². The second kappa shape index (κ2) is 12.1. The van der Waals surface area contributed by atoms with Crippen molar-refractivity contribution in [3.8, 4) is 0 Å². The number of ether oxygens (including phenoxy) is 5. The Balaban J connectivity index is 2.20. The van der Waals surface area contributed by atoms with E-state index in [1.54, 1.807) is 0 Å². The summed E-state index contributed by atoms with van der Waals surface area (Å²) in [4.78, 5) is 23.0. The summed E-state index contributed by atoms with van der Waals surface area (Å²) in [5, 5.41) is 52.9. The van der Waals surface area contributed by atoms with E-state index in [4.69, 9.17) is 29.4 Å². The molecule has 32 heavy (non-hydrogen) atoms. The third-order valence-corrected chi connectivity index (χ3v) is 5.06. The van der Waals surface area contributed by atoms with Crippen molar-refractivity contribution >= 4 is 11.9 Å². The molecule has 2 saturated heterocycles. The molecule has 2 rings (SSSR count). The lowest BCUT2D eigenvalue weighted by Gasteiger charge is -2.46. The molecule has 0 saturated carbocycles. The van der Waals surface area contributed by atoms with E-state index in [-0.39, 0.29) is 26.4 Å². The molecule has 0 spiro atoms. The van der Waals surface area contributed by atoms with E-state index in [1.165, 1.54) is 13.8 Å². The van der Waals surface area contributed by atoms with Crippen molar-refractivity contribution in [2.75, 3.05) is 26.4 Å². The number of aliphatic hydroxyl groups excluding tert-OH is 4. The fourth-order valence-electron chi connectivity index (χ4n) is 3.42. The van der Waals surface area contributed by atoms with Crippen LogP contribution >= 0.6 is 0 Å². The van der Waals surface area contributed by atoms with Crippen LogP contribution in [0.3, 0.4) is 0 Å². The zero-order valence-electron chi connectivity index (χ0n) is 17.8. The molecule has 0 aromatic heterocycles. The lowest BCUT2D eigenvalue weighted by atomic mass is 9.96. The molecule has 8 N–H and O–H groups in total. The fraction of sp³-hybridized carbons (Fsp3) is 0.889. The van der Waals surface area contributed by atoms with Gasteiger partial charge >= 0.3 is 5.97 Å². The van der Waals surface area contributed by atoms with Gasteiger partial charge in [-0.1, -0.05) is 0 Å². The molecule has 10 atom stereocenters. The number of carbonyl (C=O) groups is 2. The topological polar surface area (TPSA) is 219 Å². The molecule has 0 radical (unpaired) electrons. The van der Waals surface area contributed by atoms with Crippen LogP contribution < -0.4 is 11.1 Å². The van der Waals surface area contributed by atoms with E-state index < -0.39 is 73.2 Å². The monoisotopic (exact) mass is 468 g/mol. The highest BCUT2D eigenvalue weighted by Crippen LogP contribution is 2.29. The number of carboxylic acids is 1. The second-order valence-electron chi connectivity index (χ2n) is 7.53. The standard InChI is InChI=1S/C18H32N2O12/c1-7-10(22)11(23)9(20-8(2)21)17(30-7)32-15-13(25)12(24)14(16(26)27)31-18(15)29-6-5-28-4-3-19/h7,9-15,17-18,22-25H,3-6,19H2,1-2H3,(H,20,21)(H,26,27)/t7?,9-,10+,11?,12-,13?,14?,15?,17-,18+/m0/s1. The fourth-order valence-corrected chi connectivity index (χ4v) is 3.42. The molecule has 14 nitrogen and oxygen atoms in total. The van der Waals surface area contributed by atoms with Crippen molar-refractivity contribution in [2.45, 2.75) is 75.2 Å². The minimum atomic E-state index is -1.87. The van der Waals surface area contributed by atoms with E-state index in [2.05, 4.69) is 5.32 Å². The molecule has 2 fully saturated rings. The number of carboxylic acid groups (broad SMARTS) is 1. The molecule has 2 heterocycles. The molecule has 5 unspecified atom stereocenters. The minimum Gasteiger partial charge on any atom is -0.479 e. The summed E-state index contributed by atoms with van der Waals surface area (Å²) in [5.41, 5.74) is 5.33. The quantitative estimate of drug-likeness (QED) is 0.152. The number of amides is 1. The molecular formula is C18H32N2O12. The van der Waals surface area contributed by atoms with Gasteiger partial charge in [0.25, 0.3) is 0 Å². The molecule has 2 aliphatic rings. The Morgan fingerprint density at radius 2 is 1.66 bits per heavy atom. The van der Waals surface area contributed by atoms with Gasteiger partial charge in [0, 0.05) is 13.5 Å². The van der Waals surface area contributed by atoms with Crippen molar-refractivity contribution in [3.05, 3.63) is 0 Å². The van der Waals surface area contributed by atoms with Crippen LogP contribution in [0.25, 0.3) is 0 Å². The number of hydrogen-bond donors (Lipinski definition) is 7. The molecule has 2 aliphatic heterocycles. The Hall–Kier alpha value is -1.46. The Bertz CT molecular complexity index is 625. The highest BCUT2D eigenvalue weighted by Gasteiger charge is 2.52. The summed E-state index contributed by atoms with van der Waals surface area (Å²) >= 11 is 0. The van der Waals surface area contributed by atoms with Crippen molar-refractivity contribution in [1.82, 2.24) is 5.32 Å². The van der Waals surface area contributed by atoms with Crippen LogP contribution in [-0.2, 0) is 33.3 Å². The van der Waals surface area contributed by atoms with Crippen LogP contribution in [0.15, 0.2) is 0 Å². The van der Waals surface area contributed by atoms with E-state index >= 15 is 0 Å². The van der Waals surface area contributed by atoms with E-state index in [9.17, 15) is 35.1 Å². The lowest BCUT2D eigenvalue weighted by Crippen LogP contribution is -2.67. The molecule has 0 aliphatic carbocycles. The first-order chi connectivity index (χ1) is 15.1. The Morgan fingerprint density at radius 3 is 2.25 bits per heavy atom. The molecular weight excluding hydrogens is 436 g/mol. The Kier molecular flexibility index (Phi) is 10.2. The third-order valence-electron chi connectivity index (χ3n) is 5.06. The van der Waals surface area contributed by atoms with E-state index in [1.807, 2.05) is 0 Å². The maximum Gasteiger partial charge on any atom is 0.335 e. The third kappa shape index (κ3) is 6.54. The summed E-state index contributed by atoms with van der Waals surface area (Å²) in [5.74, 6) is -2.08. The zero-order chi connectivity index (χ0) is 24.0. The molecule has 0 aromatic rings. The van der Waals surface area contributed by atoms with Gasteiger partial charge in [0.2, 0.25) is 5.91 Å². The number of nitrogens with two attached hydrogens (primary N) is 1. The maximum absolute atomic E-state index is 11.6. The van der Waals surface area contributed by atoms with Gasteiger partial charge in [0.1, 0.15) is 36.6 Å². The molecule has 0 bridgehead atoms. The predicted molar refractivity (Wildman–Crippen MR) is 103 cm³/mol. The summed E-state index contributed by atoms with van der Waals surface area (Å²) in [6.45, 7) is 3.18. The number of aliphatic hydroxyl groups is 4. The number of aliphatic carboxylic acids is 1. The summed E-state index contributed by atoms with van der Waals surface area (Å²) in [6.07, 6.45) is -13.6. The van der Waals surface area contributed by atoms with E-state index in [0.29, 0.717) is 0 Å². The molecule has 14 heteroatoms. The number of rotatable bonds is 10. The zero-order valence-corrected chi connectivity index (χ0v) is 17.8. The van der Waals surface area contributed by atoms with Crippen LogP contribution in [-0.4, -0.2) is 125 Å². The van der Waals surface area contributed by atoms with Gasteiger partial charge in [-0.05, 0) is 6.92 Å². The van der Waals surface area contributed by atoms with Gasteiger partial charge in [-0.25, -0.2) is 4.79 Å². The average Bonchev–Trinajstić information content (AvgIpc) is 2.73. The first kappa shape index (κ1) is 26.8. The maximum atomic E-state index is 11.6. The van der Waals surface area contributed by atoms with Gasteiger partial charge in [-0.15, -0.1) is 0 Å². The van der Waals surface area contributed by atoms with Gasteiger partial charge in [-0.2, -0.15) is 0 Å². The molecule has 0 aromatic carbocycles. The lowest BCUT2D eigenvalue weighted by molar-refractivity contribution is -0.349. The van der Waals surface area contributed by atoms with Gasteiger partial charge in [-0.3, -0.25) is 4.79 Å². The molecule has 186 valence electrons. The van der Waals surface area contributed by atoms with E-state index in [0.717, 1.165) is 0 Å². The second-order valence-corrected chi connectivity index (χ2v) is 7.53. The predicted octanol–water partition coefficient (Wildman–Crippen LogP) is -4.13. The minimum absolute atomic E-state index is 0.0799. The van der Waals surface area contributed by atoms with Crippen LogP contribution in [0.2, 0.25) is 0 Å². The molecule has 1 amide bonds. The van der Waals surface area contributed by atoms with Gasteiger partial charge < -0.3 is 60.3 Å². The first-order valence-electron chi connectivity index (χ1n) is 10.2. The average molecular weight is 468 g/mol. The Morgan fingerprint density at radius 1 is 0.969 bits per heavy atom.